The average Bonchev–Trinajstić information content (AvgIpc) is 3.18. The zero-order valence-electron chi connectivity index (χ0n) is 11.5. The summed E-state index contributed by atoms with van der Waals surface area (Å²) < 4.78 is 0. The number of carbonyl (C=O) groups is 1. The fourth-order valence-electron chi connectivity index (χ4n) is 1.65. The van der Waals surface area contributed by atoms with Crippen molar-refractivity contribution >= 4 is 11.9 Å². The Morgan fingerprint density at radius 3 is 2.95 bits per heavy atom. The molecule has 1 aliphatic rings. The van der Waals surface area contributed by atoms with Gasteiger partial charge in [-0.3, -0.25) is 4.79 Å². The molecule has 19 heavy (non-hydrogen) atoms. The van der Waals surface area contributed by atoms with Crippen LogP contribution in [0.2, 0.25) is 0 Å². The molecule has 0 spiro atoms. The number of anilines is 1. The Morgan fingerprint density at radius 1 is 1.47 bits per heavy atom. The van der Waals surface area contributed by atoms with E-state index in [1.165, 1.54) is 0 Å². The highest BCUT2D eigenvalue weighted by molar-refractivity contribution is 5.92. The summed E-state index contributed by atoms with van der Waals surface area (Å²) in [5.74, 6) is 0.406. The molecule has 0 aromatic carbocycles. The first-order chi connectivity index (χ1) is 9.15. The molecule has 0 radical (unpaired) electrons. The number of carbonyl (C=O) groups excluding carboxylic acids is 1. The third kappa shape index (κ3) is 4.82. The maximum Gasteiger partial charge on any atom is 0.270 e. The van der Waals surface area contributed by atoms with Crippen molar-refractivity contribution in [1.29, 1.82) is 0 Å². The molecule has 1 heterocycles. The van der Waals surface area contributed by atoms with Crippen LogP contribution in [0.15, 0.2) is 12.3 Å². The third-order valence-electron chi connectivity index (χ3n) is 2.87. The first kappa shape index (κ1) is 13.7. The lowest BCUT2D eigenvalue weighted by Gasteiger charge is -2.10. The molecule has 0 saturated heterocycles. The predicted octanol–water partition coefficient (Wildman–Crippen LogP) is 0.732. The van der Waals surface area contributed by atoms with E-state index in [9.17, 15) is 4.79 Å². The molecule has 0 atom stereocenters. The molecule has 0 aliphatic heterocycles. The fourth-order valence-corrected chi connectivity index (χ4v) is 1.65. The molecule has 1 aromatic heterocycles. The predicted molar refractivity (Wildman–Crippen MR) is 74.2 cm³/mol. The Morgan fingerprint density at radius 2 is 2.26 bits per heavy atom. The molecule has 6 heteroatoms. The van der Waals surface area contributed by atoms with E-state index in [0.717, 1.165) is 25.8 Å². The third-order valence-corrected chi connectivity index (χ3v) is 2.87. The SMILES string of the molecule is CN(C)CCCNC(=O)c1ccnc(NC2CC2)n1. The Balaban J connectivity index is 1.80. The number of aromatic nitrogens is 2. The van der Waals surface area contributed by atoms with Gasteiger partial charge in [0.25, 0.3) is 5.91 Å². The molecule has 104 valence electrons. The average molecular weight is 263 g/mol. The Kier molecular flexibility index (Phi) is 4.68. The standard InChI is InChI=1S/C13H21N5O/c1-18(2)9-3-7-14-12(19)11-6-8-15-13(17-11)16-10-4-5-10/h6,8,10H,3-5,7,9H2,1-2H3,(H,14,19)(H,15,16,17). The van der Waals surface area contributed by atoms with E-state index < -0.39 is 0 Å². The van der Waals surface area contributed by atoms with Crippen LogP contribution in [0.3, 0.4) is 0 Å². The van der Waals surface area contributed by atoms with Crippen molar-refractivity contribution in [2.75, 3.05) is 32.5 Å². The van der Waals surface area contributed by atoms with Gasteiger partial charge in [-0.05, 0) is 46.0 Å². The molecule has 2 rings (SSSR count). The number of rotatable bonds is 7. The second kappa shape index (κ2) is 6.47. The molecular weight excluding hydrogens is 242 g/mol. The molecule has 1 saturated carbocycles. The molecule has 0 bridgehead atoms. The molecule has 1 aromatic rings. The summed E-state index contributed by atoms with van der Waals surface area (Å²) in [5.41, 5.74) is 0.419. The second-order valence-corrected chi connectivity index (χ2v) is 5.10. The second-order valence-electron chi connectivity index (χ2n) is 5.10. The summed E-state index contributed by atoms with van der Waals surface area (Å²) in [5, 5.41) is 6.05. The van der Waals surface area contributed by atoms with Crippen LogP contribution >= 0.6 is 0 Å². The highest BCUT2D eigenvalue weighted by atomic mass is 16.1. The van der Waals surface area contributed by atoms with Gasteiger partial charge in [0.1, 0.15) is 5.69 Å². The van der Waals surface area contributed by atoms with Crippen LogP contribution < -0.4 is 10.6 Å². The molecule has 0 unspecified atom stereocenters. The van der Waals surface area contributed by atoms with Gasteiger partial charge in [-0.2, -0.15) is 0 Å². The van der Waals surface area contributed by atoms with Gasteiger partial charge in [-0.25, -0.2) is 9.97 Å². The minimum absolute atomic E-state index is 0.139. The van der Waals surface area contributed by atoms with Crippen LogP contribution in [0.1, 0.15) is 29.8 Å². The number of nitrogens with zero attached hydrogens (tertiary/aromatic N) is 3. The van der Waals surface area contributed by atoms with Crippen LogP contribution in [-0.2, 0) is 0 Å². The molecule has 6 nitrogen and oxygen atoms in total. The van der Waals surface area contributed by atoms with E-state index in [2.05, 4.69) is 25.5 Å². The Labute approximate surface area is 113 Å². The van der Waals surface area contributed by atoms with Crippen molar-refractivity contribution in [3.8, 4) is 0 Å². The Bertz CT molecular complexity index is 431. The van der Waals surface area contributed by atoms with Crippen LogP contribution in [0.4, 0.5) is 5.95 Å². The highest BCUT2D eigenvalue weighted by Gasteiger charge is 2.22. The van der Waals surface area contributed by atoms with E-state index in [1.54, 1.807) is 12.3 Å². The summed E-state index contributed by atoms with van der Waals surface area (Å²) >= 11 is 0. The van der Waals surface area contributed by atoms with Crippen molar-refractivity contribution in [3.05, 3.63) is 18.0 Å². The summed E-state index contributed by atoms with van der Waals surface area (Å²) in [7, 11) is 4.03. The van der Waals surface area contributed by atoms with Crippen LogP contribution in [0.5, 0.6) is 0 Å². The number of hydrogen-bond acceptors (Lipinski definition) is 5. The van der Waals surface area contributed by atoms with Crippen LogP contribution in [-0.4, -0.2) is 54.0 Å². The molecule has 2 N–H and O–H groups in total. The quantitative estimate of drug-likeness (QED) is 0.710. The largest absolute Gasteiger partial charge is 0.351 e. The summed E-state index contributed by atoms with van der Waals surface area (Å²) in [4.78, 5) is 22.3. The first-order valence-electron chi connectivity index (χ1n) is 6.67. The number of hydrogen-bond donors (Lipinski definition) is 2. The van der Waals surface area contributed by atoms with Gasteiger partial charge in [0.2, 0.25) is 5.95 Å². The molecular formula is C13H21N5O. The van der Waals surface area contributed by atoms with Gasteiger partial charge in [0.15, 0.2) is 0 Å². The van der Waals surface area contributed by atoms with Gasteiger partial charge >= 0.3 is 0 Å². The fraction of sp³-hybridized carbons (Fsp3) is 0.615. The van der Waals surface area contributed by atoms with Gasteiger partial charge in [-0.1, -0.05) is 0 Å². The van der Waals surface area contributed by atoms with E-state index in [1.807, 2.05) is 14.1 Å². The van der Waals surface area contributed by atoms with Gasteiger partial charge in [-0.15, -0.1) is 0 Å². The lowest BCUT2D eigenvalue weighted by molar-refractivity contribution is 0.0947. The highest BCUT2D eigenvalue weighted by Crippen LogP contribution is 2.22. The summed E-state index contributed by atoms with van der Waals surface area (Å²) in [6.45, 7) is 1.62. The van der Waals surface area contributed by atoms with Gasteiger partial charge in [0, 0.05) is 18.8 Å². The minimum atomic E-state index is -0.139. The monoisotopic (exact) mass is 263 g/mol. The van der Waals surface area contributed by atoms with E-state index >= 15 is 0 Å². The summed E-state index contributed by atoms with van der Waals surface area (Å²) in [6.07, 6.45) is 4.86. The summed E-state index contributed by atoms with van der Waals surface area (Å²) in [6, 6.07) is 2.12. The minimum Gasteiger partial charge on any atom is -0.351 e. The smallest absolute Gasteiger partial charge is 0.270 e. The normalized spacial score (nSPS) is 14.5. The molecule has 1 aliphatic carbocycles. The van der Waals surface area contributed by atoms with E-state index in [0.29, 0.717) is 24.2 Å². The lowest BCUT2D eigenvalue weighted by Crippen LogP contribution is -2.28. The number of nitrogens with one attached hydrogen (secondary N) is 2. The van der Waals surface area contributed by atoms with Crippen molar-refractivity contribution in [2.45, 2.75) is 25.3 Å². The zero-order chi connectivity index (χ0) is 13.7. The van der Waals surface area contributed by atoms with E-state index in [4.69, 9.17) is 0 Å². The topological polar surface area (TPSA) is 70.2 Å². The van der Waals surface area contributed by atoms with Crippen molar-refractivity contribution in [1.82, 2.24) is 20.2 Å². The number of amides is 1. The van der Waals surface area contributed by atoms with Gasteiger partial charge in [0.05, 0.1) is 0 Å². The van der Waals surface area contributed by atoms with Crippen molar-refractivity contribution in [3.63, 3.8) is 0 Å². The maximum absolute atomic E-state index is 11.9. The Hall–Kier alpha value is -1.69. The van der Waals surface area contributed by atoms with Gasteiger partial charge < -0.3 is 15.5 Å². The maximum atomic E-state index is 11.9. The molecule has 1 amide bonds. The lowest BCUT2D eigenvalue weighted by atomic mass is 10.3. The van der Waals surface area contributed by atoms with Crippen LogP contribution in [0.25, 0.3) is 0 Å². The zero-order valence-corrected chi connectivity index (χ0v) is 11.5. The first-order valence-corrected chi connectivity index (χ1v) is 6.67. The van der Waals surface area contributed by atoms with Crippen LogP contribution in [0, 0.1) is 0 Å². The van der Waals surface area contributed by atoms with Crippen molar-refractivity contribution < 1.29 is 4.79 Å². The molecule has 1 fully saturated rings. The van der Waals surface area contributed by atoms with E-state index in [-0.39, 0.29) is 5.91 Å². The van der Waals surface area contributed by atoms with Crippen molar-refractivity contribution in [2.24, 2.45) is 0 Å².